The predicted molar refractivity (Wildman–Crippen MR) is 123 cm³/mol. The van der Waals surface area contributed by atoms with Crippen LogP contribution in [0.2, 0.25) is 0 Å². The van der Waals surface area contributed by atoms with Crippen molar-refractivity contribution in [2.75, 3.05) is 38.2 Å². The summed E-state index contributed by atoms with van der Waals surface area (Å²) < 4.78 is 40.4. The van der Waals surface area contributed by atoms with Gasteiger partial charge in [0.05, 0.1) is 36.7 Å². The number of carbonyl (C=O) groups is 1. The van der Waals surface area contributed by atoms with E-state index in [0.717, 1.165) is 0 Å². The van der Waals surface area contributed by atoms with Gasteiger partial charge in [0, 0.05) is 31.0 Å². The fourth-order valence-electron chi connectivity index (χ4n) is 3.51. The lowest BCUT2D eigenvalue weighted by atomic mass is 10.1. The number of ether oxygens (including phenoxy) is 2. The first-order valence-electron chi connectivity index (χ1n) is 10.6. The van der Waals surface area contributed by atoms with E-state index in [0.29, 0.717) is 56.5 Å². The van der Waals surface area contributed by atoms with Crippen LogP contribution in [0, 0.1) is 6.92 Å². The van der Waals surface area contributed by atoms with E-state index in [1.54, 1.807) is 43.7 Å². The molecule has 4 rings (SSSR count). The number of anilines is 1. The topological polar surface area (TPSA) is 103 Å². The molecule has 33 heavy (non-hydrogen) atoms. The Morgan fingerprint density at radius 2 is 1.97 bits per heavy atom. The number of sulfonamides is 1. The lowest BCUT2D eigenvalue weighted by molar-refractivity contribution is 0.0730. The molecule has 0 bridgehead atoms. The third kappa shape index (κ3) is 5.41. The Morgan fingerprint density at radius 1 is 1.18 bits per heavy atom. The number of amides is 1. The fourth-order valence-corrected chi connectivity index (χ4v) is 4.94. The molecule has 174 valence electrons. The molecule has 2 aromatic carbocycles. The molecule has 1 aromatic heterocycles. The van der Waals surface area contributed by atoms with Crippen molar-refractivity contribution in [2.24, 2.45) is 0 Å². The number of benzene rings is 2. The Morgan fingerprint density at radius 3 is 2.73 bits per heavy atom. The number of imidazole rings is 1. The lowest BCUT2D eigenvalue weighted by Gasteiger charge is -2.26. The van der Waals surface area contributed by atoms with Crippen molar-refractivity contribution in [1.82, 2.24) is 13.9 Å². The number of morpholine rings is 1. The number of nitrogens with one attached hydrogen (secondary N) is 1. The second kappa shape index (κ2) is 10.2. The van der Waals surface area contributed by atoms with Crippen LogP contribution < -0.4 is 10.1 Å². The lowest BCUT2D eigenvalue weighted by Crippen LogP contribution is -2.40. The van der Waals surface area contributed by atoms with E-state index in [9.17, 15) is 13.2 Å². The molecular weight excluding hydrogens is 444 g/mol. The van der Waals surface area contributed by atoms with E-state index in [1.165, 1.54) is 16.4 Å². The first kappa shape index (κ1) is 23.0. The molecule has 0 saturated carbocycles. The first-order valence-corrected chi connectivity index (χ1v) is 12.1. The number of aryl methyl sites for hydroxylation is 1. The maximum Gasteiger partial charge on any atom is 0.256 e. The van der Waals surface area contributed by atoms with Gasteiger partial charge in [0.25, 0.3) is 5.91 Å². The molecule has 0 spiro atoms. The van der Waals surface area contributed by atoms with Gasteiger partial charge in [-0.3, -0.25) is 4.79 Å². The standard InChI is InChI=1S/C23H26N4O5S/c1-18-6-7-19(33(29,30)27-11-13-31-14-12-27)16-20(18)23(28)25-21-4-2-3-5-22(21)32-15-10-26-9-8-24-17-26/h2-9,16-17H,10-15H2,1H3,(H,25,28). The van der Waals surface area contributed by atoms with Crippen LogP contribution in [-0.2, 0) is 21.3 Å². The molecular formula is C23H26N4O5S. The summed E-state index contributed by atoms with van der Waals surface area (Å²) in [7, 11) is -3.71. The minimum Gasteiger partial charge on any atom is -0.490 e. The van der Waals surface area contributed by atoms with Crippen LogP contribution in [0.5, 0.6) is 5.75 Å². The number of aromatic nitrogens is 2. The number of para-hydroxylation sites is 2. The highest BCUT2D eigenvalue weighted by molar-refractivity contribution is 7.89. The van der Waals surface area contributed by atoms with Crippen LogP contribution >= 0.6 is 0 Å². The van der Waals surface area contributed by atoms with Crippen molar-refractivity contribution >= 4 is 21.6 Å². The molecule has 0 atom stereocenters. The van der Waals surface area contributed by atoms with Gasteiger partial charge in [-0.25, -0.2) is 13.4 Å². The number of rotatable bonds is 8. The molecule has 1 aliphatic rings. The van der Waals surface area contributed by atoms with Crippen LogP contribution in [0.1, 0.15) is 15.9 Å². The zero-order chi connectivity index (χ0) is 23.3. The smallest absolute Gasteiger partial charge is 0.256 e. The van der Waals surface area contributed by atoms with Gasteiger partial charge in [0.2, 0.25) is 10.0 Å². The first-order chi connectivity index (χ1) is 15.9. The quantitative estimate of drug-likeness (QED) is 0.543. The molecule has 0 radical (unpaired) electrons. The zero-order valence-electron chi connectivity index (χ0n) is 18.3. The third-order valence-corrected chi connectivity index (χ3v) is 7.26. The molecule has 0 aliphatic carbocycles. The Bertz CT molecular complexity index is 1210. The molecule has 2 heterocycles. The number of nitrogens with zero attached hydrogens (tertiary/aromatic N) is 3. The Labute approximate surface area is 193 Å². The Balaban J connectivity index is 1.50. The molecule has 0 unspecified atom stereocenters. The monoisotopic (exact) mass is 470 g/mol. The van der Waals surface area contributed by atoms with Crippen molar-refractivity contribution < 1.29 is 22.7 Å². The van der Waals surface area contributed by atoms with E-state index in [2.05, 4.69) is 10.3 Å². The van der Waals surface area contributed by atoms with Gasteiger partial charge < -0.3 is 19.4 Å². The van der Waals surface area contributed by atoms with Crippen LogP contribution in [0.15, 0.2) is 66.1 Å². The highest BCUT2D eigenvalue weighted by Gasteiger charge is 2.27. The van der Waals surface area contributed by atoms with E-state index >= 15 is 0 Å². The van der Waals surface area contributed by atoms with Crippen molar-refractivity contribution in [3.63, 3.8) is 0 Å². The minimum absolute atomic E-state index is 0.0880. The highest BCUT2D eigenvalue weighted by Crippen LogP contribution is 2.26. The van der Waals surface area contributed by atoms with Crippen molar-refractivity contribution in [3.8, 4) is 5.75 Å². The highest BCUT2D eigenvalue weighted by atomic mass is 32.2. The molecule has 1 saturated heterocycles. The molecule has 1 amide bonds. The average molecular weight is 471 g/mol. The zero-order valence-corrected chi connectivity index (χ0v) is 19.1. The van der Waals surface area contributed by atoms with Gasteiger partial charge in [-0.2, -0.15) is 4.31 Å². The van der Waals surface area contributed by atoms with Crippen molar-refractivity contribution in [1.29, 1.82) is 0 Å². The van der Waals surface area contributed by atoms with Gasteiger partial charge in [-0.15, -0.1) is 0 Å². The van der Waals surface area contributed by atoms with E-state index < -0.39 is 15.9 Å². The third-order valence-electron chi connectivity index (χ3n) is 5.36. The van der Waals surface area contributed by atoms with Gasteiger partial charge in [-0.1, -0.05) is 18.2 Å². The minimum atomic E-state index is -3.71. The summed E-state index contributed by atoms with van der Waals surface area (Å²) in [4.78, 5) is 17.2. The van der Waals surface area contributed by atoms with E-state index in [1.807, 2.05) is 16.8 Å². The van der Waals surface area contributed by atoms with Crippen LogP contribution in [0.25, 0.3) is 0 Å². The second-order valence-electron chi connectivity index (χ2n) is 7.59. The largest absolute Gasteiger partial charge is 0.490 e. The Kier molecular flexibility index (Phi) is 7.07. The normalized spacial score (nSPS) is 14.7. The molecule has 3 aromatic rings. The maximum absolute atomic E-state index is 13.1. The second-order valence-corrected chi connectivity index (χ2v) is 9.53. The fraction of sp³-hybridized carbons (Fsp3) is 0.304. The molecule has 1 fully saturated rings. The number of hydrogen-bond donors (Lipinski definition) is 1. The summed E-state index contributed by atoms with van der Waals surface area (Å²) in [6.45, 7) is 4.08. The number of carbonyl (C=O) groups excluding carboxylic acids is 1. The van der Waals surface area contributed by atoms with Crippen LogP contribution in [-0.4, -0.2) is 61.1 Å². The molecule has 1 aliphatic heterocycles. The van der Waals surface area contributed by atoms with Crippen molar-refractivity contribution in [2.45, 2.75) is 18.4 Å². The summed E-state index contributed by atoms with van der Waals surface area (Å²) in [5, 5.41) is 2.86. The SMILES string of the molecule is Cc1ccc(S(=O)(=O)N2CCOCC2)cc1C(=O)Nc1ccccc1OCCn1ccnc1. The van der Waals surface area contributed by atoms with Crippen molar-refractivity contribution in [3.05, 3.63) is 72.3 Å². The predicted octanol–water partition coefficient (Wildman–Crippen LogP) is 2.54. The summed E-state index contributed by atoms with van der Waals surface area (Å²) in [6.07, 6.45) is 5.25. The van der Waals surface area contributed by atoms with Gasteiger partial charge in [-0.05, 0) is 36.8 Å². The van der Waals surface area contributed by atoms with Crippen LogP contribution in [0.4, 0.5) is 5.69 Å². The van der Waals surface area contributed by atoms with E-state index in [4.69, 9.17) is 9.47 Å². The summed E-state index contributed by atoms with van der Waals surface area (Å²) >= 11 is 0. The van der Waals surface area contributed by atoms with Gasteiger partial charge >= 0.3 is 0 Å². The molecule has 1 N–H and O–H groups in total. The van der Waals surface area contributed by atoms with E-state index in [-0.39, 0.29) is 10.5 Å². The maximum atomic E-state index is 13.1. The molecule has 9 nitrogen and oxygen atoms in total. The Hall–Kier alpha value is -3.21. The summed E-state index contributed by atoms with van der Waals surface area (Å²) in [5.41, 5.74) is 1.47. The number of hydrogen-bond acceptors (Lipinski definition) is 6. The summed E-state index contributed by atoms with van der Waals surface area (Å²) in [5.74, 6) is 0.123. The summed E-state index contributed by atoms with van der Waals surface area (Å²) in [6, 6.07) is 11.7. The van der Waals surface area contributed by atoms with Gasteiger partial charge in [0.15, 0.2) is 0 Å². The van der Waals surface area contributed by atoms with Gasteiger partial charge in [0.1, 0.15) is 12.4 Å². The average Bonchev–Trinajstić information content (AvgIpc) is 3.34. The molecule has 10 heteroatoms. The van der Waals surface area contributed by atoms with Crippen LogP contribution in [0.3, 0.4) is 0 Å².